The number of rotatable bonds is 5. The molecule has 54 heavy (non-hydrogen) atoms. The molecule has 0 saturated heterocycles. The van der Waals surface area contributed by atoms with Crippen LogP contribution in [0.25, 0.3) is 99.7 Å². The molecule has 0 aliphatic heterocycles. The van der Waals surface area contributed by atoms with Gasteiger partial charge in [0.05, 0.1) is 33.5 Å². The van der Waals surface area contributed by atoms with Crippen LogP contribution in [0.5, 0.6) is 0 Å². The molecule has 0 amide bonds. The Morgan fingerprint density at radius 3 is 1.69 bits per heavy atom. The minimum Gasteiger partial charge on any atom is -0.309 e. The predicted molar refractivity (Wildman–Crippen MR) is 222 cm³/mol. The van der Waals surface area contributed by atoms with E-state index in [1.165, 1.54) is 27.1 Å². The maximum absolute atomic E-state index is 5.66. The third-order valence-corrected chi connectivity index (χ3v) is 10.6. The summed E-state index contributed by atoms with van der Waals surface area (Å²) < 4.78 is 4.72. The highest BCUT2D eigenvalue weighted by Crippen LogP contribution is 2.43. The second kappa shape index (κ2) is 12.1. The quantitative estimate of drug-likeness (QED) is 0.181. The average molecular weight is 690 g/mol. The van der Waals surface area contributed by atoms with Crippen LogP contribution in [0.2, 0.25) is 0 Å². The van der Waals surface area contributed by atoms with Gasteiger partial charge < -0.3 is 4.57 Å². The average Bonchev–Trinajstić information content (AvgIpc) is 3.75. The number of fused-ring (bicyclic) bond motifs is 8. The van der Waals surface area contributed by atoms with E-state index in [0.29, 0.717) is 0 Å². The maximum atomic E-state index is 5.66. The largest absolute Gasteiger partial charge is 0.309 e. The zero-order chi connectivity index (χ0) is 35.6. The van der Waals surface area contributed by atoms with Crippen LogP contribution in [-0.2, 0) is 0 Å². The molecule has 0 aliphatic carbocycles. The van der Waals surface area contributed by atoms with Gasteiger partial charge in [-0.05, 0) is 59.3 Å². The Labute approximate surface area is 311 Å². The van der Waals surface area contributed by atoms with Crippen molar-refractivity contribution in [3.8, 4) is 45.3 Å². The molecule has 5 heteroatoms. The topological polar surface area (TPSA) is 48.5 Å². The van der Waals surface area contributed by atoms with Gasteiger partial charge in [0, 0.05) is 56.3 Å². The second-order valence-electron chi connectivity index (χ2n) is 13.7. The van der Waals surface area contributed by atoms with Gasteiger partial charge in [0.15, 0.2) is 5.82 Å². The van der Waals surface area contributed by atoms with E-state index in [1.54, 1.807) is 0 Å². The van der Waals surface area contributed by atoms with Crippen molar-refractivity contribution in [2.24, 2.45) is 0 Å². The molecule has 11 aromatic rings. The lowest BCUT2D eigenvalue weighted by molar-refractivity contribution is 1.05. The van der Waals surface area contributed by atoms with E-state index < -0.39 is 0 Å². The first-order valence-electron chi connectivity index (χ1n) is 18.2. The summed E-state index contributed by atoms with van der Waals surface area (Å²) in [5, 5.41) is 7.25. The third-order valence-electron chi connectivity index (χ3n) is 10.6. The molecule has 0 aliphatic rings. The Hall–Kier alpha value is -7.37. The van der Waals surface area contributed by atoms with Crippen molar-refractivity contribution in [3.63, 3.8) is 0 Å². The minimum absolute atomic E-state index is 0.762. The van der Waals surface area contributed by atoms with Crippen LogP contribution in [0, 0.1) is 0 Å². The summed E-state index contributed by atoms with van der Waals surface area (Å²) in [5.41, 5.74) is 10.9. The summed E-state index contributed by atoms with van der Waals surface area (Å²) in [6.45, 7) is 0. The van der Waals surface area contributed by atoms with Crippen LogP contribution in [0.3, 0.4) is 0 Å². The number of aromatic nitrogens is 5. The first kappa shape index (κ1) is 30.3. The van der Waals surface area contributed by atoms with Gasteiger partial charge in [0.2, 0.25) is 0 Å². The lowest BCUT2D eigenvalue weighted by Gasteiger charge is -2.17. The molecular weight excluding hydrogens is 659 g/mol. The lowest BCUT2D eigenvalue weighted by Crippen LogP contribution is -2.06. The van der Waals surface area contributed by atoms with Crippen molar-refractivity contribution in [2.75, 3.05) is 0 Å². The minimum atomic E-state index is 0.762. The summed E-state index contributed by atoms with van der Waals surface area (Å²) in [7, 11) is 0. The predicted octanol–water partition coefficient (Wildman–Crippen LogP) is 12.2. The van der Waals surface area contributed by atoms with Gasteiger partial charge >= 0.3 is 0 Å². The molecule has 252 valence electrons. The molecule has 4 aromatic heterocycles. The first-order chi connectivity index (χ1) is 26.8. The van der Waals surface area contributed by atoms with Crippen LogP contribution in [0.15, 0.2) is 188 Å². The first-order valence-corrected chi connectivity index (χ1v) is 18.2. The molecule has 0 saturated carbocycles. The van der Waals surface area contributed by atoms with Gasteiger partial charge in [-0.1, -0.05) is 127 Å². The summed E-state index contributed by atoms with van der Waals surface area (Å²) >= 11 is 0. The Balaban J connectivity index is 1.32. The highest BCUT2D eigenvalue weighted by Gasteiger charge is 2.24. The molecule has 5 nitrogen and oxygen atoms in total. The molecule has 0 fully saturated rings. The Kier molecular flexibility index (Phi) is 6.79. The molecule has 0 atom stereocenters. The molecule has 0 N–H and O–H groups in total. The van der Waals surface area contributed by atoms with E-state index in [-0.39, 0.29) is 0 Å². The van der Waals surface area contributed by atoms with E-state index in [9.17, 15) is 0 Å². The second-order valence-corrected chi connectivity index (χ2v) is 13.7. The van der Waals surface area contributed by atoms with Gasteiger partial charge in [0.25, 0.3) is 0 Å². The van der Waals surface area contributed by atoms with E-state index in [0.717, 1.165) is 72.6 Å². The van der Waals surface area contributed by atoms with E-state index in [4.69, 9.17) is 9.97 Å². The number of pyridine rings is 1. The number of hydrogen-bond donors (Lipinski definition) is 0. The van der Waals surface area contributed by atoms with Crippen LogP contribution < -0.4 is 0 Å². The molecule has 0 bridgehead atoms. The summed E-state index contributed by atoms with van der Waals surface area (Å²) in [5.74, 6) is 0.762. The van der Waals surface area contributed by atoms with Gasteiger partial charge in [-0.3, -0.25) is 9.55 Å². The zero-order valence-electron chi connectivity index (χ0n) is 29.1. The number of para-hydroxylation sites is 2. The molecule has 11 rings (SSSR count). The van der Waals surface area contributed by atoms with Crippen molar-refractivity contribution >= 4 is 54.4 Å². The van der Waals surface area contributed by atoms with Gasteiger partial charge in [-0.2, -0.15) is 0 Å². The molecule has 0 unspecified atom stereocenters. The summed E-state index contributed by atoms with van der Waals surface area (Å²) in [6.07, 6.45) is 3.65. The fraction of sp³-hybridized carbons (Fsp3) is 0. The number of benzene rings is 7. The summed E-state index contributed by atoms with van der Waals surface area (Å²) in [4.78, 5) is 15.6. The Morgan fingerprint density at radius 1 is 0.352 bits per heavy atom. The molecule has 7 aromatic carbocycles. The standard InChI is InChI=1S/C49H31N5/c1-4-15-33(16-5-1)46-47(34-17-6-2-7-18-34)52-49(48(51-46)35-26-28-50-29-27-35)54-41-23-13-12-22-38(41)39-30-40-44(31-43(39)54)53(36-19-8-3-9-20-36)42-25-24-32-14-10-11-21-37(32)45(40)42/h1-31H. The highest BCUT2D eigenvalue weighted by molar-refractivity contribution is 6.25. The van der Waals surface area contributed by atoms with E-state index in [1.807, 2.05) is 36.7 Å². The van der Waals surface area contributed by atoms with Crippen molar-refractivity contribution in [1.82, 2.24) is 24.1 Å². The molecule has 4 heterocycles. The molecule has 0 radical (unpaired) electrons. The third kappa shape index (κ3) is 4.62. The van der Waals surface area contributed by atoms with Gasteiger partial charge in [-0.25, -0.2) is 9.97 Å². The molecular formula is C49H31N5. The normalized spacial score (nSPS) is 11.7. The van der Waals surface area contributed by atoms with Crippen LogP contribution in [-0.4, -0.2) is 24.1 Å². The Morgan fingerprint density at radius 2 is 0.944 bits per heavy atom. The van der Waals surface area contributed by atoms with E-state index in [2.05, 4.69) is 166 Å². The van der Waals surface area contributed by atoms with E-state index >= 15 is 0 Å². The van der Waals surface area contributed by atoms with Crippen LogP contribution in [0.1, 0.15) is 0 Å². The van der Waals surface area contributed by atoms with Crippen LogP contribution >= 0.6 is 0 Å². The monoisotopic (exact) mass is 689 g/mol. The van der Waals surface area contributed by atoms with Crippen molar-refractivity contribution < 1.29 is 0 Å². The maximum Gasteiger partial charge on any atom is 0.165 e. The summed E-state index contributed by atoms with van der Waals surface area (Å²) in [6, 6.07) is 62.1. The SMILES string of the molecule is c1ccc(-c2nc(-c3ccncc3)c(-n3c4ccccc4c4cc5c6c7ccccc7ccc6n(-c6ccccc6)c5cc43)nc2-c2ccccc2)cc1. The number of hydrogen-bond acceptors (Lipinski definition) is 3. The number of nitrogens with zero attached hydrogens (tertiary/aromatic N) is 5. The van der Waals surface area contributed by atoms with Crippen molar-refractivity contribution in [2.45, 2.75) is 0 Å². The van der Waals surface area contributed by atoms with Crippen molar-refractivity contribution in [1.29, 1.82) is 0 Å². The zero-order valence-corrected chi connectivity index (χ0v) is 29.1. The lowest BCUT2D eigenvalue weighted by atomic mass is 10.0. The van der Waals surface area contributed by atoms with Crippen molar-refractivity contribution in [3.05, 3.63) is 188 Å². The molecule has 0 spiro atoms. The smallest absolute Gasteiger partial charge is 0.165 e. The fourth-order valence-electron chi connectivity index (χ4n) is 8.21. The fourth-order valence-corrected chi connectivity index (χ4v) is 8.21. The highest BCUT2D eigenvalue weighted by atomic mass is 15.1. The van der Waals surface area contributed by atoms with Crippen LogP contribution in [0.4, 0.5) is 0 Å². The van der Waals surface area contributed by atoms with Gasteiger partial charge in [-0.15, -0.1) is 0 Å². The Bertz CT molecular complexity index is 3180. The van der Waals surface area contributed by atoms with Gasteiger partial charge in [0.1, 0.15) is 5.69 Å².